The molecule has 6 nitrogen and oxygen atoms in total. The second-order valence-electron chi connectivity index (χ2n) is 6.79. The Morgan fingerprint density at radius 3 is 2.26 bits per heavy atom. The van der Waals surface area contributed by atoms with Crippen LogP contribution in [-0.4, -0.2) is 22.9 Å². The van der Waals surface area contributed by atoms with E-state index in [2.05, 4.69) is 10.9 Å². The highest BCUT2D eigenvalue weighted by atomic mass is 16.4. The summed E-state index contributed by atoms with van der Waals surface area (Å²) in [6.45, 7) is 5.32. The van der Waals surface area contributed by atoms with Crippen LogP contribution in [0.15, 0.2) is 30.3 Å². The van der Waals surface area contributed by atoms with Crippen molar-refractivity contribution < 1.29 is 19.5 Å². The summed E-state index contributed by atoms with van der Waals surface area (Å²) in [6.07, 6.45) is 1.11. The van der Waals surface area contributed by atoms with Crippen LogP contribution in [0.2, 0.25) is 0 Å². The van der Waals surface area contributed by atoms with Gasteiger partial charge in [-0.25, -0.2) is 0 Å². The first-order valence-corrected chi connectivity index (χ1v) is 7.59. The fraction of sp³-hybridized carbons (Fsp3) is 0.471. The number of aliphatic carboxylic acids is 1. The lowest BCUT2D eigenvalue weighted by Crippen LogP contribution is -2.51. The third-order valence-corrected chi connectivity index (χ3v) is 5.26. The maximum atomic E-state index is 12.4. The van der Waals surface area contributed by atoms with Gasteiger partial charge in [-0.15, -0.1) is 0 Å². The first-order chi connectivity index (χ1) is 10.7. The third-order valence-electron chi connectivity index (χ3n) is 5.26. The van der Waals surface area contributed by atoms with Crippen LogP contribution in [0, 0.1) is 16.7 Å². The Labute approximate surface area is 135 Å². The van der Waals surface area contributed by atoms with Crippen molar-refractivity contribution in [1.29, 1.82) is 0 Å². The number of amides is 2. The molecule has 3 N–H and O–H groups in total. The number of carboxylic acid groups (broad SMARTS) is 1. The van der Waals surface area contributed by atoms with Crippen LogP contribution in [0.1, 0.15) is 44.0 Å². The Hall–Kier alpha value is -2.37. The van der Waals surface area contributed by atoms with E-state index >= 15 is 0 Å². The molecule has 1 saturated carbocycles. The molecule has 1 aromatic carbocycles. The summed E-state index contributed by atoms with van der Waals surface area (Å²) in [5.41, 5.74) is 3.47. The molecule has 6 heteroatoms. The molecule has 2 atom stereocenters. The highest BCUT2D eigenvalue weighted by Crippen LogP contribution is 2.56. The first kappa shape index (κ1) is 17.0. The summed E-state index contributed by atoms with van der Waals surface area (Å²) >= 11 is 0. The van der Waals surface area contributed by atoms with Crippen LogP contribution >= 0.6 is 0 Å². The SMILES string of the molecule is CC1(C)CC[C@@H](C(=O)NNC(=O)c2ccccc2)[C@@]1(C)C(=O)O. The van der Waals surface area contributed by atoms with Gasteiger partial charge in [-0.3, -0.25) is 25.2 Å². The molecule has 0 bridgehead atoms. The molecular formula is C17H22N2O4. The van der Waals surface area contributed by atoms with Crippen molar-refractivity contribution in [2.24, 2.45) is 16.7 Å². The van der Waals surface area contributed by atoms with Gasteiger partial charge in [0.1, 0.15) is 0 Å². The number of hydrogen-bond donors (Lipinski definition) is 3. The molecule has 0 spiro atoms. The Kier molecular flexibility index (Phi) is 4.45. The Balaban J connectivity index is 2.06. The van der Waals surface area contributed by atoms with Crippen molar-refractivity contribution in [3.05, 3.63) is 35.9 Å². The zero-order chi connectivity index (χ0) is 17.3. The minimum Gasteiger partial charge on any atom is -0.481 e. The maximum Gasteiger partial charge on any atom is 0.310 e. The summed E-state index contributed by atoms with van der Waals surface area (Å²) in [6, 6.07) is 8.48. The average Bonchev–Trinajstić information content (AvgIpc) is 2.77. The molecule has 23 heavy (non-hydrogen) atoms. The molecule has 1 aromatic rings. The number of hydrogen-bond acceptors (Lipinski definition) is 3. The maximum absolute atomic E-state index is 12.4. The van der Waals surface area contributed by atoms with Crippen LogP contribution in [0.3, 0.4) is 0 Å². The molecule has 1 aliphatic carbocycles. The van der Waals surface area contributed by atoms with Gasteiger partial charge in [-0.2, -0.15) is 0 Å². The minimum atomic E-state index is -1.17. The molecule has 2 amide bonds. The van der Waals surface area contributed by atoms with Gasteiger partial charge in [0, 0.05) is 5.56 Å². The molecule has 0 unspecified atom stereocenters. The molecule has 1 fully saturated rings. The fourth-order valence-electron chi connectivity index (χ4n) is 3.22. The fourth-order valence-corrected chi connectivity index (χ4v) is 3.22. The predicted molar refractivity (Wildman–Crippen MR) is 84.3 cm³/mol. The number of hydrazine groups is 1. The van der Waals surface area contributed by atoms with Gasteiger partial charge in [-0.1, -0.05) is 32.0 Å². The monoisotopic (exact) mass is 318 g/mol. The lowest BCUT2D eigenvalue weighted by Gasteiger charge is -2.37. The number of carbonyl (C=O) groups is 3. The van der Waals surface area contributed by atoms with E-state index < -0.39 is 34.5 Å². The number of benzene rings is 1. The number of rotatable bonds is 3. The first-order valence-electron chi connectivity index (χ1n) is 7.59. The number of carboxylic acids is 1. The smallest absolute Gasteiger partial charge is 0.310 e. The van der Waals surface area contributed by atoms with Crippen LogP contribution < -0.4 is 10.9 Å². The van der Waals surface area contributed by atoms with Gasteiger partial charge in [-0.05, 0) is 37.3 Å². The van der Waals surface area contributed by atoms with Crippen molar-refractivity contribution in [3.8, 4) is 0 Å². The molecular weight excluding hydrogens is 296 g/mol. The molecule has 0 aromatic heterocycles. The van der Waals surface area contributed by atoms with E-state index in [1.165, 1.54) is 0 Å². The molecule has 0 radical (unpaired) electrons. The highest BCUT2D eigenvalue weighted by molar-refractivity contribution is 5.96. The second-order valence-corrected chi connectivity index (χ2v) is 6.79. The van der Waals surface area contributed by atoms with Crippen molar-refractivity contribution in [3.63, 3.8) is 0 Å². The van der Waals surface area contributed by atoms with E-state index in [0.717, 1.165) is 0 Å². The largest absolute Gasteiger partial charge is 0.481 e. The summed E-state index contributed by atoms with van der Waals surface area (Å²) < 4.78 is 0. The van der Waals surface area contributed by atoms with E-state index in [0.29, 0.717) is 18.4 Å². The van der Waals surface area contributed by atoms with E-state index in [4.69, 9.17) is 0 Å². The summed E-state index contributed by atoms with van der Waals surface area (Å²) in [5, 5.41) is 9.62. The normalized spacial score (nSPS) is 25.6. The quantitative estimate of drug-likeness (QED) is 0.743. The van der Waals surface area contributed by atoms with Crippen LogP contribution in [0.5, 0.6) is 0 Å². The van der Waals surface area contributed by atoms with Crippen LogP contribution in [0.4, 0.5) is 0 Å². The van der Waals surface area contributed by atoms with E-state index in [-0.39, 0.29) is 0 Å². The molecule has 2 rings (SSSR count). The topological polar surface area (TPSA) is 95.5 Å². The lowest BCUT2D eigenvalue weighted by atomic mass is 9.65. The molecule has 0 heterocycles. The van der Waals surface area contributed by atoms with Gasteiger partial charge < -0.3 is 5.11 Å². The standard InChI is InChI=1S/C17H22N2O4/c1-16(2)10-9-12(17(16,3)15(22)23)14(21)19-18-13(20)11-7-5-4-6-8-11/h4-8,12H,9-10H2,1-3H3,(H,18,20)(H,19,21)(H,22,23)/t12-,17-/m0/s1. The van der Waals surface area contributed by atoms with Gasteiger partial charge >= 0.3 is 5.97 Å². The zero-order valence-electron chi connectivity index (χ0n) is 13.6. The molecule has 124 valence electrons. The van der Waals surface area contributed by atoms with E-state index in [1.807, 2.05) is 13.8 Å². The summed E-state index contributed by atoms with van der Waals surface area (Å²) in [7, 11) is 0. The van der Waals surface area contributed by atoms with Crippen molar-refractivity contribution >= 4 is 17.8 Å². The summed E-state index contributed by atoms with van der Waals surface area (Å²) in [4.78, 5) is 36.1. The summed E-state index contributed by atoms with van der Waals surface area (Å²) in [5.74, 6) is -2.58. The van der Waals surface area contributed by atoms with E-state index in [1.54, 1.807) is 37.3 Å². The molecule has 0 aliphatic heterocycles. The third kappa shape index (κ3) is 2.93. The Morgan fingerprint density at radius 1 is 1.09 bits per heavy atom. The van der Waals surface area contributed by atoms with Crippen LogP contribution in [0.25, 0.3) is 0 Å². The van der Waals surface area contributed by atoms with Crippen molar-refractivity contribution in [2.45, 2.75) is 33.6 Å². The van der Waals surface area contributed by atoms with E-state index in [9.17, 15) is 19.5 Å². The number of nitrogens with one attached hydrogen (secondary N) is 2. The average molecular weight is 318 g/mol. The van der Waals surface area contributed by atoms with Crippen molar-refractivity contribution in [2.75, 3.05) is 0 Å². The van der Waals surface area contributed by atoms with Gasteiger partial charge in [0.2, 0.25) is 5.91 Å². The number of carbonyl (C=O) groups excluding carboxylic acids is 2. The van der Waals surface area contributed by atoms with Crippen LogP contribution in [-0.2, 0) is 9.59 Å². The van der Waals surface area contributed by atoms with Gasteiger partial charge in [0.25, 0.3) is 5.91 Å². The minimum absolute atomic E-state index is 0.417. The van der Waals surface area contributed by atoms with Gasteiger partial charge in [0.05, 0.1) is 11.3 Å². The molecule has 1 aliphatic rings. The predicted octanol–water partition coefficient (Wildman–Crippen LogP) is 1.97. The van der Waals surface area contributed by atoms with Gasteiger partial charge in [0.15, 0.2) is 0 Å². The lowest BCUT2D eigenvalue weighted by molar-refractivity contribution is -0.160. The zero-order valence-corrected chi connectivity index (χ0v) is 13.6. The molecule has 0 saturated heterocycles. The Morgan fingerprint density at radius 2 is 1.70 bits per heavy atom. The highest BCUT2D eigenvalue weighted by Gasteiger charge is 2.59. The Bertz CT molecular complexity index is 627. The van der Waals surface area contributed by atoms with Crippen molar-refractivity contribution in [1.82, 2.24) is 10.9 Å². The second kappa shape index (κ2) is 6.02.